The van der Waals surface area contributed by atoms with Crippen LogP contribution in [0.15, 0.2) is 59.5 Å². The normalized spacial score (nSPS) is 18.0. The van der Waals surface area contributed by atoms with E-state index < -0.39 is 34.1 Å². The zero-order valence-corrected chi connectivity index (χ0v) is 16.5. The average Bonchev–Trinajstić information content (AvgIpc) is 2.72. The Hall–Kier alpha value is -2.63. The third kappa shape index (κ3) is 5.49. The fraction of sp³-hybridized carbons (Fsp3) is 0.316. The van der Waals surface area contributed by atoms with Gasteiger partial charge in [0, 0.05) is 26.2 Å². The molecule has 0 unspecified atom stereocenters. The SMILES string of the molecule is O=C(NCc1ccccc1)[C@H]1CNCCN1S(=O)(=O)c1ccc(OC(F)(F)F)cc1. The van der Waals surface area contributed by atoms with Gasteiger partial charge in [-0.25, -0.2) is 8.42 Å². The molecule has 1 heterocycles. The number of carbonyl (C=O) groups excluding carboxylic acids is 1. The first-order valence-corrected chi connectivity index (χ1v) is 10.5. The quantitative estimate of drug-likeness (QED) is 0.712. The van der Waals surface area contributed by atoms with Crippen molar-refractivity contribution in [3.8, 4) is 5.75 Å². The lowest BCUT2D eigenvalue weighted by atomic mass is 10.2. The first kappa shape index (κ1) is 22.1. The number of benzene rings is 2. The van der Waals surface area contributed by atoms with Gasteiger partial charge in [-0.05, 0) is 29.8 Å². The van der Waals surface area contributed by atoms with E-state index in [1.807, 2.05) is 30.3 Å². The van der Waals surface area contributed by atoms with E-state index in [9.17, 15) is 26.4 Å². The topological polar surface area (TPSA) is 87.7 Å². The van der Waals surface area contributed by atoms with Gasteiger partial charge in [0.2, 0.25) is 15.9 Å². The van der Waals surface area contributed by atoms with Crippen molar-refractivity contribution in [3.63, 3.8) is 0 Å². The van der Waals surface area contributed by atoms with E-state index in [1.165, 1.54) is 0 Å². The summed E-state index contributed by atoms with van der Waals surface area (Å²) < 4.78 is 67.8. The molecule has 2 aromatic rings. The molecule has 0 saturated carbocycles. The van der Waals surface area contributed by atoms with Gasteiger partial charge in [-0.15, -0.1) is 13.2 Å². The number of ether oxygens (including phenoxy) is 1. The van der Waals surface area contributed by atoms with Crippen LogP contribution in [-0.4, -0.2) is 50.7 Å². The van der Waals surface area contributed by atoms with Crippen LogP contribution in [0.4, 0.5) is 13.2 Å². The van der Waals surface area contributed by atoms with Gasteiger partial charge in [0.1, 0.15) is 11.8 Å². The number of nitrogens with one attached hydrogen (secondary N) is 2. The molecular formula is C19H20F3N3O4S. The zero-order chi connectivity index (χ0) is 21.8. The molecule has 0 aromatic heterocycles. The lowest BCUT2D eigenvalue weighted by Gasteiger charge is -2.34. The summed E-state index contributed by atoms with van der Waals surface area (Å²) in [5.41, 5.74) is 0.865. The molecule has 0 spiro atoms. The molecule has 1 aliphatic rings. The van der Waals surface area contributed by atoms with Crippen LogP contribution < -0.4 is 15.4 Å². The van der Waals surface area contributed by atoms with Crippen molar-refractivity contribution < 1.29 is 31.1 Å². The number of piperazine rings is 1. The standard InChI is InChI=1S/C19H20F3N3O4S/c20-19(21,22)29-15-6-8-16(9-7-15)30(27,28)25-11-10-23-13-17(25)18(26)24-12-14-4-2-1-3-5-14/h1-9,17,23H,10-13H2,(H,24,26)/t17-/m1/s1. The minimum absolute atomic E-state index is 0.0482. The molecule has 2 N–H and O–H groups in total. The van der Waals surface area contributed by atoms with E-state index >= 15 is 0 Å². The lowest BCUT2D eigenvalue weighted by Crippen LogP contribution is -2.59. The van der Waals surface area contributed by atoms with Crippen molar-refractivity contribution in [1.82, 2.24) is 14.9 Å². The number of hydrogen-bond acceptors (Lipinski definition) is 5. The zero-order valence-electron chi connectivity index (χ0n) is 15.7. The summed E-state index contributed by atoms with van der Waals surface area (Å²) in [5, 5.41) is 5.72. The number of halogens is 3. The Labute approximate surface area is 171 Å². The molecule has 0 aliphatic carbocycles. The Bertz CT molecular complexity index is 967. The minimum atomic E-state index is -4.87. The van der Waals surface area contributed by atoms with Gasteiger partial charge in [0.25, 0.3) is 0 Å². The highest BCUT2D eigenvalue weighted by Crippen LogP contribution is 2.26. The van der Waals surface area contributed by atoms with Crippen LogP contribution in [-0.2, 0) is 21.4 Å². The van der Waals surface area contributed by atoms with Crippen LogP contribution in [0, 0.1) is 0 Å². The van der Waals surface area contributed by atoms with Crippen molar-refractivity contribution in [2.45, 2.75) is 23.8 Å². The van der Waals surface area contributed by atoms with E-state index in [0.29, 0.717) is 6.54 Å². The third-order valence-corrected chi connectivity index (χ3v) is 6.39. The summed E-state index contributed by atoms with van der Waals surface area (Å²) in [4.78, 5) is 12.4. The number of rotatable bonds is 6. The van der Waals surface area contributed by atoms with E-state index in [0.717, 1.165) is 34.1 Å². The van der Waals surface area contributed by atoms with Gasteiger partial charge >= 0.3 is 6.36 Å². The summed E-state index contributed by atoms with van der Waals surface area (Å²) in [6.07, 6.45) is -4.87. The molecule has 7 nitrogen and oxygen atoms in total. The Morgan fingerprint density at radius 1 is 1.13 bits per heavy atom. The number of amides is 1. The predicted octanol–water partition coefficient (Wildman–Crippen LogP) is 1.86. The Morgan fingerprint density at radius 2 is 1.80 bits per heavy atom. The third-order valence-electron chi connectivity index (χ3n) is 4.47. The van der Waals surface area contributed by atoms with E-state index in [1.54, 1.807) is 0 Å². The van der Waals surface area contributed by atoms with Gasteiger partial charge in [0.15, 0.2) is 0 Å². The van der Waals surface area contributed by atoms with E-state index in [4.69, 9.17) is 0 Å². The Balaban J connectivity index is 1.74. The molecule has 162 valence electrons. The molecule has 30 heavy (non-hydrogen) atoms. The summed E-state index contributed by atoms with van der Waals surface area (Å²) in [6.45, 7) is 0.756. The molecule has 1 amide bonds. The maximum absolute atomic E-state index is 13.0. The minimum Gasteiger partial charge on any atom is -0.406 e. The van der Waals surface area contributed by atoms with Gasteiger partial charge in [-0.2, -0.15) is 4.31 Å². The maximum Gasteiger partial charge on any atom is 0.573 e. The number of sulfonamides is 1. The Kier molecular flexibility index (Phi) is 6.64. The van der Waals surface area contributed by atoms with Crippen LogP contribution in [0.1, 0.15) is 5.56 Å². The average molecular weight is 443 g/mol. The molecule has 0 radical (unpaired) electrons. The molecule has 11 heteroatoms. The first-order valence-electron chi connectivity index (χ1n) is 9.07. The molecular weight excluding hydrogens is 423 g/mol. The van der Waals surface area contributed by atoms with Crippen LogP contribution in [0.3, 0.4) is 0 Å². The number of carbonyl (C=O) groups is 1. The molecule has 1 fully saturated rings. The van der Waals surface area contributed by atoms with E-state index in [2.05, 4.69) is 15.4 Å². The van der Waals surface area contributed by atoms with Crippen LogP contribution in [0.5, 0.6) is 5.75 Å². The molecule has 2 aromatic carbocycles. The summed E-state index contributed by atoms with van der Waals surface area (Å²) in [5.74, 6) is -0.995. The molecule has 0 bridgehead atoms. The van der Waals surface area contributed by atoms with Crippen molar-refractivity contribution in [2.24, 2.45) is 0 Å². The smallest absolute Gasteiger partial charge is 0.406 e. The number of nitrogens with zero attached hydrogens (tertiary/aromatic N) is 1. The summed E-state index contributed by atoms with van der Waals surface area (Å²) >= 11 is 0. The number of hydrogen-bond donors (Lipinski definition) is 2. The fourth-order valence-corrected chi connectivity index (χ4v) is 4.64. The highest BCUT2D eigenvalue weighted by molar-refractivity contribution is 7.89. The van der Waals surface area contributed by atoms with Crippen LogP contribution in [0.25, 0.3) is 0 Å². The second-order valence-corrected chi connectivity index (χ2v) is 8.45. The molecule has 1 aliphatic heterocycles. The van der Waals surface area contributed by atoms with Crippen molar-refractivity contribution in [1.29, 1.82) is 0 Å². The van der Waals surface area contributed by atoms with Gasteiger partial charge in [-0.3, -0.25) is 4.79 Å². The summed E-state index contributed by atoms with van der Waals surface area (Å²) in [7, 11) is -4.10. The fourth-order valence-electron chi connectivity index (χ4n) is 3.05. The Morgan fingerprint density at radius 3 is 2.43 bits per heavy atom. The van der Waals surface area contributed by atoms with Crippen molar-refractivity contribution in [3.05, 3.63) is 60.2 Å². The largest absolute Gasteiger partial charge is 0.573 e. The molecule has 3 rings (SSSR count). The first-order chi connectivity index (χ1) is 14.2. The van der Waals surface area contributed by atoms with E-state index in [-0.39, 0.29) is 24.5 Å². The molecule has 1 saturated heterocycles. The second-order valence-electron chi connectivity index (χ2n) is 6.56. The maximum atomic E-state index is 13.0. The van der Waals surface area contributed by atoms with Gasteiger partial charge in [-0.1, -0.05) is 30.3 Å². The van der Waals surface area contributed by atoms with Gasteiger partial charge < -0.3 is 15.4 Å². The van der Waals surface area contributed by atoms with Crippen molar-refractivity contribution in [2.75, 3.05) is 19.6 Å². The van der Waals surface area contributed by atoms with Crippen molar-refractivity contribution >= 4 is 15.9 Å². The molecule has 1 atom stereocenters. The number of alkyl halides is 3. The monoisotopic (exact) mass is 443 g/mol. The predicted molar refractivity (Wildman–Crippen MR) is 102 cm³/mol. The highest BCUT2D eigenvalue weighted by atomic mass is 32.2. The summed E-state index contributed by atoms with van der Waals surface area (Å²) in [6, 6.07) is 12.1. The van der Waals surface area contributed by atoms with Crippen LogP contribution >= 0.6 is 0 Å². The lowest BCUT2D eigenvalue weighted by molar-refractivity contribution is -0.274. The highest BCUT2D eigenvalue weighted by Gasteiger charge is 2.38. The van der Waals surface area contributed by atoms with Crippen LogP contribution in [0.2, 0.25) is 0 Å². The second kappa shape index (κ2) is 9.02. The van der Waals surface area contributed by atoms with Gasteiger partial charge in [0.05, 0.1) is 4.90 Å².